The standard InChI is InChI=1S/C17H13BrN2O2/c1-21-15-7-6-10(8-13(15)18)16-11-4-2-3-5-14(11)22-17(20)12(16)9-19/h2-8,16H,20H2,1H3/t16-/m0/s1. The molecule has 0 aromatic heterocycles. The van der Waals surface area contributed by atoms with E-state index in [0.29, 0.717) is 11.3 Å². The molecule has 2 aromatic carbocycles. The van der Waals surface area contributed by atoms with E-state index in [1.165, 1.54) is 0 Å². The van der Waals surface area contributed by atoms with Crippen molar-refractivity contribution in [2.75, 3.05) is 7.11 Å². The third-order valence-corrected chi connectivity index (χ3v) is 4.25. The van der Waals surface area contributed by atoms with Gasteiger partial charge in [0.25, 0.3) is 0 Å². The minimum atomic E-state index is -0.253. The van der Waals surface area contributed by atoms with E-state index in [-0.39, 0.29) is 11.8 Å². The lowest BCUT2D eigenvalue weighted by molar-refractivity contribution is 0.393. The summed E-state index contributed by atoms with van der Waals surface area (Å²) in [5.74, 6) is 1.31. The van der Waals surface area contributed by atoms with Crippen molar-refractivity contribution in [3.8, 4) is 17.6 Å². The quantitative estimate of drug-likeness (QED) is 0.890. The molecule has 22 heavy (non-hydrogen) atoms. The largest absolute Gasteiger partial charge is 0.496 e. The molecule has 5 heteroatoms. The second-order valence-electron chi connectivity index (χ2n) is 4.86. The molecule has 0 unspecified atom stereocenters. The van der Waals surface area contributed by atoms with Crippen LogP contribution >= 0.6 is 15.9 Å². The first kappa shape index (κ1) is 14.5. The molecule has 0 radical (unpaired) electrons. The molecule has 1 aliphatic rings. The molecule has 3 rings (SSSR count). The van der Waals surface area contributed by atoms with Gasteiger partial charge in [-0.25, -0.2) is 0 Å². The molecule has 1 atom stereocenters. The van der Waals surface area contributed by atoms with Crippen LogP contribution in [0.15, 0.2) is 58.4 Å². The van der Waals surface area contributed by atoms with Crippen molar-refractivity contribution in [1.29, 1.82) is 5.26 Å². The van der Waals surface area contributed by atoms with Gasteiger partial charge in [0.1, 0.15) is 23.1 Å². The topological polar surface area (TPSA) is 68.3 Å². The molecular formula is C17H13BrN2O2. The number of rotatable bonds is 2. The van der Waals surface area contributed by atoms with E-state index in [0.717, 1.165) is 21.3 Å². The number of fused-ring (bicyclic) bond motifs is 1. The number of hydrogen-bond acceptors (Lipinski definition) is 4. The minimum absolute atomic E-state index is 0.151. The number of nitriles is 1. The summed E-state index contributed by atoms with van der Waals surface area (Å²) in [5.41, 5.74) is 8.21. The van der Waals surface area contributed by atoms with E-state index in [9.17, 15) is 5.26 Å². The summed E-state index contributed by atoms with van der Waals surface area (Å²) in [5, 5.41) is 9.48. The molecular weight excluding hydrogens is 344 g/mol. The number of allylic oxidation sites excluding steroid dienone is 1. The van der Waals surface area contributed by atoms with Crippen LogP contribution in [-0.4, -0.2) is 7.11 Å². The van der Waals surface area contributed by atoms with Gasteiger partial charge in [0.05, 0.1) is 17.5 Å². The molecule has 0 fully saturated rings. The van der Waals surface area contributed by atoms with Crippen LogP contribution in [0.4, 0.5) is 0 Å². The van der Waals surface area contributed by atoms with Gasteiger partial charge >= 0.3 is 0 Å². The second-order valence-corrected chi connectivity index (χ2v) is 5.71. The summed E-state index contributed by atoms with van der Waals surface area (Å²) in [4.78, 5) is 0. The molecule has 4 nitrogen and oxygen atoms in total. The number of methoxy groups -OCH3 is 1. The third kappa shape index (κ3) is 2.32. The number of hydrogen-bond donors (Lipinski definition) is 1. The van der Waals surface area contributed by atoms with Crippen LogP contribution in [0.3, 0.4) is 0 Å². The van der Waals surface area contributed by atoms with Crippen LogP contribution in [0.25, 0.3) is 0 Å². The van der Waals surface area contributed by atoms with E-state index in [2.05, 4.69) is 22.0 Å². The summed E-state index contributed by atoms with van der Waals surface area (Å²) in [6, 6.07) is 15.5. The van der Waals surface area contributed by atoms with Gasteiger partial charge < -0.3 is 15.2 Å². The number of para-hydroxylation sites is 1. The SMILES string of the molecule is COc1ccc([C@@H]2C(C#N)=C(N)Oc3ccccc32)cc1Br. The Balaban J connectivity index is 2.19. The summed E-state index contributed by atoms with van der Waals surface area (Å²) in [6.45, 7) is 0. The molecule has 2 aromatic rings. The molecule has 1 aliphatic heterocycles. The Bertz CT molecular complexity index is 809. The molecule has 2 N–H and O–H groups in total. The lowest BCUT2D eigenvalue weighted by Gasteiger charge is -2.26. The Labute approximate surface area is 136 Å². The van der Waals surface area contributed by atoms with Crippen LogP contribution < -0.4 is 15.2 Å². The predicted octanol–water partition coefficient (Wildman–Crippen LogP) is 3.68. The summed E-state index contributed by atoms with van der Waals surface area (Å²) >= 11 is 3.48. The molecule has 0 amide bonds. The van der Waals surface area contributed by atoms with Crippen molar-refractivity contribution >= 4 is 15.9 Å². The molecule has 0 spiro atoms. The van der Waals surface area contributed by atoms with Crippen molar-refractivity contribution in [1.82, 2.24) is 0 Å². The maximum Gasteiger partial charge on any atom is 0.205 e. The predicted molar refractivity (Wildman–Crippen MR) is 86.4 cm³/mol. The normalized spacial score (nSPS) is 16.5. The Kier molecular flexibility index (Phi) is 3.78. The highest BCUT2D eigenvalue weighted by atomic mass is 79.9. The zero-order chi connectivity index (χ0) is 15.7. The summed E-state index contributed by atoms with van der Waals surface area (Å²) < 4.78 is 11.6. The molecule has 0 saturated carbocycles. The average Bonchev–Trinajstić information content (AvgIpc) is 2.53. The number of nitrogens with two attached hydrogens (primary N) is 1. The van der Waals surface area contributed by atoms with Crippen LogP contribution in [0.2, 0.25) is 0 Å². The number of nitrogens with zero attached hydrogens (tertiary/aromatic N) is 1. The van der Waals surface area contributed by atoms with Gasteiger partial charge in [-0.2, -0.15) is 5.26 Å². The van der Waals surface area contributed by atoms with E-state index < -0.39 is 0 Å². The van der Waals surface area contributed by atoms with Gasteiger partial charge in [0, 0.05) is 5.56 Å². The summed E-state index contributed by atoms with van der Waals surface area (Å²) in [7, 11) is 1.61. The Morgan fingerprint density at radius 2 is 2.05 bits per heavy atom. The van der Waals surface area contributed by atoms with Gasteiger partial charge in [-0.15, -0.1) is 0 Å². The highest BCUT2D eigenvalue weighted by molar-refractivity contribution is 9.10. The highest BCUT2D eigenvalue weighted by Crippen LogP contribution is 2.43. The Morgan fingerprint density at radius 3 is 2.73 bits per heavy atom. The maximum absolute atomic E-state index is 9.48. The first-order valence-corrected chi connectivity index (χ1v) is 7.45. The van der Waals surface area contributed by atoms with Crippen molar-refractivity contribution in [2.45, 2.75) is 5.92 Å². The number of ether oxygens (including phenoxy) is 2. The van der Waals surface area contributed by atoms with E-state index in [4.69, 9.17) is 15.2 Å². The van der Waals surface area contributed by atoms with Gasteiger partial charge in [-0.1, -0.05) is 24.3 Å². The molecule has 110 valence electrons. The minimum Gasteiger partial charge on any atom is -0.496 e. The molecule has 0 aliphatic carbocycles. The monoisotopic (exact) mass is 356 g/mol. The first-order valence-electron chi connectivity index (χ1n) is 6.65. The van der Waals surface area contributed by atoms with Crippen molar-refractivity contribution in [3.05, 3.63) is 69.5 Å². The van der Waals surface area contributed by atoms with E-state index in [1.54, 1.807) is 7.11 Å². The zero-order valence-electron chi connectivity index (χ0n) is 11.8. The van der Waals surface area contributed by atoms with Gasteiger partial charge in [-0.05, 0) is 39.7 Å². The smallest absolute Gasteiger partial charge is 0.205 e. The Morgan fingerprint density at radius 1 is 1.27 bits per heavy atom. The van der Waals surface area contributed by atoms with Gasteiger partial charge in [0.15, 0.2) is 0 Å². The first-order chi connectivity index (χ1) is 10.7. The van der Waals surface area contributed by atoms with Gasteiger partial charge in [0.2, 0.25) is 5.88 Å². The van der Waals surface area contributed by atoms with Crippen molar-refractivity contribution < 1.29 is 9.47 Å². The second kappa shape index (κ2) is 5.74. The van der Waals surface area contributed by atoms with Crippen molar-refractivity contribution in [2.24, 2.45) is 5.73 Å². The van der Waals surface area contributed by atoms with E-state index in [1.807, 2.05) is 42.5 Å². The lowest BCUT2D eigenvalue weighted by atomic mass is 9.83. The number of benzene rings is 2. The third-order valence-electron chi connectivity index (χ3n) is 3.63. The van der Waals surface area contributed by atoms with Crippen LogP contribution in [-0.2, 0) is 0 Å². The number of halogens is 1. The fraction of sp³-hybridized carbons (Fsp3) is 0.118. The van der Waals surface area contributed by atoms with Crippen molar-refractivity contribution in [3.63, 3.8) is 0 Å². The van der Waals surface area contributed by atoms with Crippen LogP contribution in [0, 0.1) is 11.3 Å². The summed E-state index contributed by atoms with van der Waals surface area (Å²) in [6.07, 6.45) is 0. The molecule has 0 saturated heterocycles. The highest BCUT2D eigenvalue weighted by Gasteiger charge is 2.30. The van der Waals surface area contributed by atoms with E-state index >= 15 is 0 Å². The maximum atomic E-state index is 9.48. The fourth-order valence-electron chi connectivity index (χ4n) is 2.61. The Hall–Kier alpha value is -2.45. The van der Waals surface area contributed by atoms with Crippen LogP contribution in [0.1, 0.15) is 17.0 Å². The average molecular weight is 357 g/mol. The van der Waals surface area contributed by atoms with Crippen LogP contribution in [0.5, 0.6) is 11.5 Å². The fourth-order valence-corrected chi connectivity index (χ4v) is 3.17. The molecule has 1 heterocycles. The zero-order valence-corrected chi connectivity index (χ0v) is 13.4. The molecule has 0 bridgehead atoms. The lowest BCUT2D eigenvalue weighted by Crippen LogP contribution is -2.20. The van der Waals surface area contributed by atoms with Gasteiger partial charge in [-0.3, -0.25) is 0 Å².